The van der Waals surface area contributed by atoms with E-state index in [0.717, 1.165) is 13.0 Å². The predicted octanol–water partition coefficient (Wildman–Crippen LogP) is 2.22. The summed E-state index contributed by atoms with van der Waals surface area (Å²) < 4.78 is 12.9. The van der Waals surface area contributed by atoms with E-state index in [4.69, 9.17) is 11.6 Å². The molecule has 1 saturated heterocycles. The Bertz CT molecular complexity index is 339. The Hall–Kier alpha value is -0.800. The summed E-state index contributed by atoms with van der Waals surface area (Å²) in [5, 5.41) is 12.9. The first-order valence-electron chi connectivity index (χ1n) is 4.10. The molecule has 70 valence electrons. The Morgan fingerprint density at radius 3 is 2.77 bits per heavy atom. The van der Waals surface area contributed by atoms with Crippen LogP contribution in [-0.4, -0.2) is 11.7 Å². The fraction of sp³-hybridized carbons (Fsp3) is 0.333. The number of halogens is 2. The predicted molar refractivity (Wildman–Crippen MR) is 48.4 cm³/mol. The van der Waals surface area contributed by atoms with Crippen LogP contribution in [-0.2, 0) is 0 Å². The third-order valence-electron chi connectivity index (χ3n) is 2.29. The molecule has 0 spiro atoms. The summed E-state index contributed by atoms with van der Waals surface area (Å²) in [4.78, 5) is 0. The molecule has 1 heterocycles. The van der Waals surface area contributed by atoms with E-state index >= 15 is 0 Å². The first kappa shape index (κ1) is 8.78. The van der Waals surface area contributed by atoms with Gasteiger partial charge in [0.1, 0.15) is 0 Å². The molecular weight excluding hydrogens is 193 g/mol. The molecule has 2 N–H and O–H groups in total. The molecule has 4 heteroatoms. The van der Waals surface area contributed by atoms with Gasteiger partial charge in [-0.1, -0.05) is 11.6 Å². The normalized spacial score (nSPS) is 21.2. The number of benzene rings is 1. The second-order valence-corrected chi connectivity index (χ2v) is 3.49. The second-order valence-electron chi connectivity index (χ2n) is 3.09. The molecule has 0 aromatic heterocycles. The summed E-state index contributed by atoms with van der Waals surface area (Å²) in [5.41, 5.74) is 0.480. The zero-order valence-corrected chi connectivity index (χ0v) is 7.61. The highest BCUT2D eigenvalue weighted by molar-refractivity contribution is 6.31. The number of nitrogens with one attached hydrogen (secondary N) is 1. The molecule has 1 atom stereocenters. The Balaban J connectivity index is 2.46. The summed E-state index contributed by atoms with van der Waals surface area (Å²) >= 11 is 5.84. The Morgan fingerprint density at radius 2 is 2.23 bits per heavy atom. The highest BCUT2D eigenvalue weighted by Gasteiger charge is 2.25. The smallest absolute Gasteiger partial charge is 0.165 e. The maximum atomic E-state index is 12.9. The fourth-order valence-corrected chi connectivity index (χ4v) is 1.71. The van der Waals surface area contributed by atoms with E-state index in [1.165, 1.54) is 12.1 Å². The van der Waals surface area contributed by atoms with Crippen molar-refractivity contribution in [3.05, 3.63) is 28.5 Å². The van der Waals surface area contributed by atoms with E-state index in [0.29, 0.717) is 10.6 Å². The highest BCUT2D eigenvalue weighted by Crippen LogP contribution is 2.37. The average Bonchev–Trinajstić information content (AvgIpc) is 2.02. The monoisotopic (exact) mass is 201 g/mol. The van der Waals surface area contributed by atoms with Gasteiger partial charge in [-0.25, -0.2) is 4.39 Å². The first-order valence-corrected chi connectivity index (χ1v) is 4.48. The average molecular weight is 202 g/mol. The van der Waals surface area contributed by atoms with Crippen molar-refractivity contribution in [2.45, 2.75) is 12.5 Å². The number of hydrogen-bond acceptors (Lipinski definition) is 2. The van der Waals surface area contributed by atoms with Gasteiger partial charge >= 0.3 is 0 Å². The van der Waals surface area contributed by atoms with Crippen LogP contribution in [0.5, 0.6) is 5.75 Å². The number of hydrogen-bond donors (Lipinski definition) is 2. The Kier molecular flexibility index (Phi) is 2.14. The van der Waals surface area contributed by atoms with Crippen LogP contribution >= 0.6 is 11.6 Å². The van der Waals surface area contributed by atoms with Gasteiger partial charge in [0.2, 0.25) is 0 Å². The molecule has 1 aliphatic rings. The molecule has 0 saturated carbocycles. The van der Waals surface area contributed by atoms with Crippen LogP contribution < -0.4 is 5.32 Å². The van der Waals surface area contributed by atoms with Crippen LogP contribution in [0.1, 0.15) is 18.0 Å². The first-order chi connectivity index (χ1) is 6.20. The summed E-state index contributed by atoms with van der Waals surface area (Å²) in [6.45, 7) is 0.886. The summed E-state index contributed by atoms with van der Waals surface area (Å²) in [7, 11) is 0. The van der Waals surface area contributed by atoms with Crippen LogP contribution in [0.25, 0.3) is 0 Å². The molecule has 2 rings (SSSR count). The fourth-order valence-electron chi connectivity index (χ4n) is 1.42. The Labute approximate surface area is 80.3 Å². The number of phenolic OH excluding ortho intramolecular Hbond substituents is 1. The lowest BCUT2D eigenvalue weighted by Crippen LogP contribution is -2.35. The lowest BCUT2D eigenvalue weighted by Gasteiger charge is -2.29. The molecule has 0 bridgehead atoms. The van der Waals surface area contributed by atoms with Gasteiger partial charge in [-0.05, 0) is 25.1 Å². The highest BCUT2D eigenvalue weighted by atomic mass is 35.5. The summed E-state index contributed by atoms with van der Waals surface area (Å²) in [6.07, 6.45) is 0.886. The minimum Gasteiger partial charge on any atom is -0.505 e. The summed E-state index contributed by atoms with van der Waals surface area (Å²) in [5.74, 6) is -0.946. The van der Waals surface area contributed by atoms with Gasteiger partial charge in [-0.2, -0.15) is 0 Å². The van der Waals surface area contributed by atoms with Crippen LogP contribution in [0.3, 0.4) is 0 Å². The number of aromatic hydroxyl groups is 1. The van der Waals surface area contributed by atoms with E-state index in [9.17, 15) is 9.50 Å². The van der Waals surface area contributed by atoms with Crippen molar-refractivity contribution in [1.29, 1.82) is 0 Å². The molecule has 0 amide bonds. The minimum atomic E-state index is -0.617. The van der Waals surface area contributed by atoms with Crippen molar-refractivity contribution in [2.24, 2.45) is 0 Å². The van der Waals surface area contributed by atoms with Gasteiger partial charge in [0.25, 0.3) is 0 Å². The quantitative estimate of drug-likeness (QED) is 0.730. The molecule has 1 aliphatic heterocycles. The maximum absolute atomic E-state index is 12.9. The SMILES string of the molecule is Oc1c(F)ccc(Cl)c1[C@H]1CCN1. The molecule has 1 aromatic carbocycles. The maximum Gasteiger partial charge on any atom is 0.165 e. The van der Waals surface area contributed by atoms with Crippen molar-refractivity contribution in [1.82, 2.24) is 5.32 Å². The van der Waals surface area contributed by atoms with Crippen molar-refractivity contribution < 1.29 is 9.50 Å². The topological polar surface area (TPSA) is 32.3 Å². The van der Waals surface area contributed by atoms with Crippen molar-refractivity contribution in [3.63, 3.8) is 0 Å². The van der Waals surface area contributed by atoms with Crippen molar-refractivity contribution in [3.8, 4) is 5.75 Å². The second kappa shape index (κ2) is 3.16. The third kappa shape index (κ3) is 1.38. The van der Waals surface area contributed by atoms with Gasteiger partial charge in [0.05, 0.1) is 0 Å². The molecule has 13 heavy (non-hydrogen) atoms. The van der Waals surface area contributed by atoms with Gasteiger partial charge in [-0.3, -0.25) is 0 Å². The molecule has 0 radical (unpaired) electrons. The van der Waals surface area contributed by atoms with Crippen LogP contribution in [0.2, 0.25) is 5.02 Å². The van der Waals surface area contributed by atoms with Gasteiger partial charge in [-0.15, -0.1) is 0 Å². The zero-order valence-electron chi connectivity index (χ0n) is 6.85. The lowest BCUT2D eigenvalue weighted by molar-refractivity contribution is 0.355. The van der Waals surface area contributed by atoms with E-state index in [1.54, 1.807) is 0 Å². The molecule has 0 aliphatic carbocycles. The molecule has 1 aromatic rings. The number of phenols is 1. The summed E-state index contributed by atoms with van der Waals surface area (Å²) in [6, 6.07) is 2.63. The largest absolute Gasteiger partial charge is 0.505 e. The van der Waals surface area contributed by atoms with Crippen LogP contribution in [0.15, 0.2) is 12.1 Å². The van der Waals surface area contributed by atoms with E-state index in [2.05, 4.69) is 5.32 Å². The number of rotatable bonds is 1. The minimum absolute atomic E-state index is 0.00296. The van der Waals surface area contributed by atoms with Gasteiger partial charge < -0.3 is 10.4 Å². The van der Waals surface area contributed by atoms with Crippen LogP contribution in [0, 0.1) is 5.82 Å². The van der Waals surface area contributed by atoms with Gasteiger partial charge in [0, 0.05) is 16.6 Å². The van der Waals surface area contributed by atoms with Crippen molar-refractivity contribution in [2.75, 3.05) is 6.54 Å². The van der Waals surface area contributed by atoms with E-state index < -0.39 is 5.82 Å². The molecular formula is C9H9ClFNO. The van der Waals surface area contributed by atoms with E-state index in [-0.39, 0.29) is 11.8 Å². The molecule has 1 fully saturated rings. The van der Waals surface area contributed by atoms with E-state index in [1.807, 2.05) is 0 Å². The standard InChI is InChI=1S/C9H9ClFNO/c10-5-1-2-6(11)9(13)8(5)7-3-4-12-7/h1-2,7,12-13H,3-4H2/t7-/m1/s1. The van der Waals surface area contributed by atoms with Crippen molar-refractivity contribution >= 4 is 11.6 Å². The Morgan fingerprint density at radius 1 is 1.54 bits per heavy atom. The molecule has 2 nitrogen and oxygen atoms in total. The molecule has 0 unspecified atom stereocenters. The van der Waals surface area contributed by atoms with Gasteiger partial charge in [0.15, 0.2) is 11.6 Å². The van der Waals surface area contributed by atoms with Crippen LogP contribution in [0.4, 0.5) is 4.39 Å². The third-order valence-corrected chi connectivity index (χ3v) is 2.62. The lowest BCUT2D eigenvalue weighted by atomic mass is 9.97. The zero-order chi connectivity index (χ0) is 9.42.